The Kier molecular flexibility index (Phi) is 8.44. The summed E-state index contributed by atoms with van der Waals surface area (Å²) in [6.07, 6.45) is 5.52. The van der Waals surface area contributed by atoms with E-state index in [1.807, 2.05) is 48.5 Å². The highest BCUT2D eigenvalue weighted by Gasteiger charge is 2.28. The van der Waals surface area contributed by atoms with Crippen LogP contribution in [-0.2, 0) is 6.42 Å². The molecule has 1 heterocycles. The lowest BCUT2D eigenvalue weighted by molar-refractivity contribution is 0.0411. The average molecular weight is 519 g/mol. The number of allylic oxidation sites excluding steroid dienone is 1. The van der Waals surface area contributed by atoms with E-state index in [0.29, 0.717) is 20.8 Å². The summed E-state index contributed by atoms with van der Waals surface area (Å²) in [6.45, 7) is 4.03. The Hall–Kier alpha value is -1.75. The van der Waals surface area contributed by atoms with Crippen molar-refractivity contribution in [2.75, 3.05) is 20.2 Å². The van der Waals surface area contributed by atoms with Crippen LogP contribution in [0.2, 0.25) is 15.1 Å². The van der Waals surface area contributed by atoms with Gasteiger partial charge in [0.1, 0.15) is 5.75 Å². The third-order valence-corrected chi connectivity index (χ3v) is 7.94. The second-order valence-electron chi connectivity index (χ2n) is 8.83. The maximum absolute atomic E-state index is 11.3. The summed E-state index contributed by atoms with van der Waals surface area (Å²) < 4.78 is 5.32. The molecule has 0 spiro atoms. The highest BCUT2D eigenvalue weighted by atomic mass is 35.5. The van der Waals surface area contributed by atoms with Crippen molar-refractivity contribution < 1.29 is 9.84 Å². The molecule has 1 aliphatic heterocycles. The molecule has 0 unspecified atom stereocenters. The zero-order valence-corrected chi connectivity index (χ0v) is 21.8. The summed E-state index contributed by atoms with van der Waals surface area (Å²) in [7, 11) is 1.61. The van der Waals surface area contributed by atoms with E-state index in [2.05, 4.69) is 17.9 Å². The Labute approximate surface area is 216 Å². The minimum Gasteiger partial charge on any atom is -0.495 e. The average Bonchev–Trinajstić information content (AvgIpc) is 2.86. The molecule has 4 rings (SSSR count). The monoisotopic (exact) mass is 517 g/mol. The Morgan fingerprint density at radius 1 is 1.00 bits per heavy atom. The third kappa shape index (κ3) is 5.56. The molecule has 2 atom stereocenters. The van der Waals surface area contributed by atoms with E-state index in [-0.39, 0.29) is 6.04 Å². The van der Waals surface area contributed by atoms with Crippen LogP contribution in [0.3, 0.4) is 0 Å². The summed E-state index contributed by atoms with van der Waals surface area (Å²) >= 11 is 18.6. The molecule has 0 aromatic heterocycles. The van der Waals surface area contributed by atoms with Gasteiger partial charge in [0, 0.05) is 24.5 Å². The molecule has 180 valence electrons. The van der Waals surface area contributed by atoms with E-state index in [9.17, 15) is 5.11 Å². The number of aliphatic hydroxyl groups is 1. The highest BCUT2D eigenvalue weighted by Crippen LogP contribution is 2.35. The van der Waals surface area contributed by atoms with Crippen molar-refractivity contribution in [3.63, 3.8) is 0 Å². The summed E-state index contributed by atoms with van der Waals surface area (Å²) in [6, 6.07) is 15.7. The molecule has 3 aromatic rings. The molecular weight excluding hydrogens is 489 g/mol. The van der Waals surface area contributed by atoms with Gasteiger partial charge >= 0.3 is 0 Å². The Morgan fingerprint density at radius 2 is 1.76 bits per heavy atom. The number of aliphatic hydroxyl groups excluding tert-OH is 1. The fourth-order valence-corrected chi connectivity index (χ4v) is 5.44. The minimum atomic E-state index is -0.558. The SMILES string of the molecule is CC[C@H]([C@H](O)c1ccc2c(Cl)c(OC)ccc2c1)N1CCC(=CCc2ccc(Cl)c(Cl)c2)CC1. The van der Waals surface area contributed by atoms with Crippen molar-refractivity contribution in [1.29, 1.82) is 0 Å². The van der Waals surface area contributed by atoms with Crippen molar-refractivity contribution in [2.45, 2.75) is 44.8 Å². The van der Waals surface area contributed by atoms with E-state index >= 15 is 0 Å². The summed E-state index contributed by atoms with van der Waals surface area (Å²) in [5, 5.41) is 15.0. The maximum Gasteiger partial charge on any atom is 0.138 e. The van der Waals surface area contributed by atoms with Crippen LogP contribution in [0.1, 0.15) is 43.4 Å². The molecule has 1 fully saturated rings. The first-order valence-corrected chi connectivity index (χ1v) is 12.8. The van der Waals surface area contributed by atoms with Gasteiger partial charge in [0.2, 0.25) is 0 Å². The molecule has 1 saturated heterocycles. The van der Waals surface area contributed by atoms with Gasteiger partial charge in [0.05, 0.1) is 28.3 Å². The van der Waals surface area contributed by atoms with Crippen molar-refractivity contribution in [3.8, 4) is 5.75 Å². The van der Waals surface area contributed by atoms with E-state index in [1.165, 1.54) is 11.1 Å². The van der Waals surface area contributed by atoms with Crippen LogP contribution < -0.4 is 4.74 Å². The number of rotatable bonds is 7. The number of piperidine rings is 1. The lowest BCUT2D eigenvalue weighted by Gasteiger charge is -2.38. The smallest absolute Gasteiger partial charge is 0.138 e. The van der Waals surface area contributed by atoms with Crippen LogP contribution in [0.25, 0.3) is 10.8 Å². The quantitative estimate of drug-likeness (QED) is 0.323. The number of hydrogen-bond donors (Lipinski definition) is 1. The number of methoxy groups -OCH3 is 1. The number of ether oxygens (including phenoxy) is 1. The molecule has 34 heavy (non-hydrogen) atoms. The Balaban J connectivity index is 1.42. The fraction of sp³-hybridized carbons (Fsp3) is 0.357. The molecule has 1 N–H and O–H groups in total. The zero-order chi connectivity index (χ0) is 24.2. The van der Waals surface area contributed by atoms with Gasteiger partial charge in [0.25, 0.3) is 0 Å². The second-order valence-corrected chi connectivity index (χ2v) is 10.0. The number of benzene rings is 3. The van der Waals surface area contributed by atoms with Crippen molar-refractivity contribution >= 4 is 45.6 Å². The topological polar surface area (TPSA) is 32.7 Å². The largest absolute Gasteiger partial charge is 0.495 e. The molecule has 0 aliphatic carbocycles. The van der Waals surface area contributed by atoms with E-state index in [4.69, 9.17) is 39.5 Å². The highest BCUT2D eigenvalue weighted by molar-refractivity contribution is 6.42. The minimum absolute atomic E-state index is 0.0720. The first-order chi connectivity index (χ1) is 16.4. The molecule has 6 heteroatoms. The predicted octanol–water partition coefficient (Wildman–Crippen LogP) is 7.89. The number of nitrogens with zero attached hydrogens (tertiary/aromatic N) is 1. The first-order valence-electron chi connectivity index (χ1n) is 11.7. The van der Waals surface area contributed by atoms with Crippen molar-refractivity contribution in [1.82, 2.24) is 4.90 Å². The normalized spacial score (nSPS) is 16.5. The fourth-order valence-electron chi connectivity index (χ4n) is 4.81. The molecule has 0 bridgehead atoms. The van der Waals surface area contributed by atoms with Crippen LogP contribution in [0, 0.1) is 0 Å². The lowest BCUT2D eigenvalue weighted by Crippen LogP contribution is -2.43. The van der Waals surface area contributed by atoms with Gasteiger partial charge in [0.15, 0.2) is 0 Å². The zero-order valence-electron chi connectivity index (χ0n) is 19.5. The van der Waals surface area contributed by atoms with E-state index < -0.39 is 6.10 Å². The Morgan fingerprint density at radius 3 is 2.44 bits per heavy atom. The molecule has 3 aromatic carbocycles. The van der Waals surface area contributed by atoms with Crippen LogP contribution >= 0.6 is 34.8 Å². The van der Waals surface area contributed by atoms with Gasteiger partial charge in [-0.3, -0.25) is 4.90 Å². The van der Waals surface area contributed by atoms with Crippen LogP contribution in [0.5, 0.6) is 5.75 Å². The van der Waals surface area contributed by atoms with Gasteiger partial charge in [-0.2, -0.15) is 0 Å². The standard InChI is InChI=1S/C28H30Cl3NO2/c1-3-25(28(33)21-7-9-22-20(17-21)8-11-26(34-2)27(22)31)32-14-12-18(13-15-32)4-5-19-6-10-23(29)24(30)16-19/h4,6-11,16-17,25,28,33H,3,5,12-15H2,1-2H3/t25-,28-/m1/s1. The van der Waals surface area contributed by atoms with Crippen LogP contribution in [0.4, 0.5) is 0 Å². The number of fused-ring (bicyclic) bond motifs is 1. The van der Waals surface area contributed by atoms with Gasteiger partial charge in [-0.15, -0.1) is 0 Å². The predicted molar refractivity (Wildman–Crippen MR) is 144 cm³/mol. The first kappa shape index (κ1) is 25.3. The number of likely N-dealkylation sites (tertiary alicyclic amines) is 1. The molecule has 0 saturated carbocycles. The molecule has 1 aliphatic rings. The lowest BCUT2D eigenvalue weighted by atomic mass is 9.93. The molecule has 0 radical (unpaired) electrons. The molecular formula is C28H30Cl3NO2. The Bertz CT molecular complexity index is 1180. The van der Waals surface area contributed by atoms with Crippen molar-refractivity contribution in [2.24, 2.45) is 0 Å². The summed E-state index contributed by atoms with van der Waals surface area (Å²) in [5.74, 6) is 0.658. The maximum atomic E-state index is 11.3. The van der Waals surface area contributed by atoms with E-state index in [1.54, 1.807) is 7.11 Å². The third-order valence-electron chi connectivity index (χ3n) is 6.81. The van der Waals surface area contributed by atoms with Gasteiger partial charge < -0.3 is 9.84 Å². The van der Waals surface area contributed by atoms with Gasteiger partial charge in [-0.25, -0.2) is 0 Å². The second kappa shape index (κ2) is 11.3. The number of halogens is 3. The number of hydrogen-bond acceptors (Lipinski definition) is 3. The van der Waals surface area contributed by atoms with Gasteiger partial charge in [-0.1, -0.05) is 77.6 Å². The van der Waals surface area contributed by atoms with Crippen LogP contribution in [-0.4, -0.2) is 36.2 Å². The van der Waals surface area contributed by atoms with E-state index in [0.717, 1.165) is 55.1 Å². The summed E-state index contributed by atoms with van der Waals surface area (Å²) in [5.41, 5.74) is 3.54. The van der Waals surface area contributed by atoms with Gasteiger partial charge in [-0.05, 0) is 66.5 Å². The molecule has 3 nitrogen and oxygen atoms in total. The van der Waals surface area contributed by atoms with Crippen LogP contribution in [0.15, 0.2) is 60.2 Å². The van der Waals surface area contributed by atoms with Crippen molar-refractivity contribution in [3.05, 3.63) is 86.4 Å². The molecule has 0 amide bonds. The summed E-state index contributed by atoms with van der Waals surface area (Å²) in [4.78, 5) is 2.42.